The molecule has 180 valence electrons. The summed E-state index contributed by atoms with van der Waals surface area (Å²) in [7, 11) is -5.90. The van der Waals surface area contributed by atoms with Crippen LogP contribution in [0.15, 0.2) is 59.4 Å². The van der Waals surface area contributed by atoms with E-state index in [2.05, 4.69) is 16.0 Å². The molecule has 3 rings (SSSR count). The minimum atomic E-state index is -5.90. The van der Waals surface area contributed by atoms with Crippen LogP contribution in [0.3, 0.4) is 0 Å². The summed E-state index contributed by atoms with van der Waals surface area (Å²) in [5.41, 5.74) is -5.22. The van der Waals surface area contributed by atoms with Crippen LogP contribution in [0, 0.1) is 23.2 Å². The number of carbonyl (C=O) groups is 2. The summed E-state index contributed by atoms with van der Waals surface area (Å²) in [5.74, 6) is 3.27. The van der Waals surface area contributed by atoms with Crippen LogP contribution >= 0.6 is 0 Å². The minimum Gasteiger partial charge on any atom is -0.462 e. The van der Waals surface area contributed by atoms with Gasteiger partial charge >= 0.3 is 21.6 Å². The summed E-state index contributed by atoms with van der Waals surface area (Å²) in [5, 5.41) is 0. The molecule has 0 N–H and O–H groups in total. The van der Waals surface area contributed by atoms with Gasteiger partial charge in [0.1, 0.15) is 5.76 Å². The molecule has 0 amide bonds. The van der Waals surface area contributed by atoms with E-state index in [0.29, 0.717) is 11.1 Å². The Morgan fingerprint density at radius 1 is 1.15 bits per heavy atom. The van der Waals surface area contributed by atoms with Crippen LogP contribution in [-0.2, 0) is 23.8 Å². The molecule has 0 aliphatic heterocycles. The first-order chi connectivity index (χ1) is 15.7. The fourth-order valence-corrected chi connectivity index (χ4v) is 4.16. The molecule has 1 atom stereocenters. The Kier molecular flexibility index (Phi) is 6.80. The zero-order valence-corrected chi connectivity index (χ0v) is 19.3. The average Bonchev–Trinajstić information content (AvgIpc) is 2.73. The summed E-state index contributed by atoms with van der Waals surface area (Å²) in [6.45, 7) is 5.43. The molecule has 0 spiro atoms. The molecule has 0 bridgehead atoms. The van der Waals surface area contributed by atoms with Crippen LogP contribution in [0.1, 0.15) is 43.1 Å². The Bertz CT molecular complexity index is 1270. The van der Waals surface area contributed by atoms with Gasteiger partial charge in [-0.15, -0.1) is 0 Å². The summed E-state index contributed by atoms with van der Waals surface area (Å²) in [4.78, 5) is 24.6. The molecule has 34 heavy (non-hydrogen) atoms. The van der Waals surface area contributed by atoms with E-state index in [1.807, 2.05) is 0 Å². The van der Waals surface area contributed by atoms with Crippen molar-refractivity contribution in [2.45, 2.75) is 32.7 Å². The van der Waals surface area contributed by atoms with Gasteiger partial charge in [0.25, 0.3) is 0 Å². The number of benzene rings is 1. The number of rotatable bonds is 4. The van der Waals surface area contributed by atoms with Crippen LogP contribution < -0.4 is 0 Å². The number of ether oxygens (including phenoxy) is 1. The molecule has 1 unspecified atom stereocenters. The number of carbonyl (C=O) groups excluding carboxylic acids is 2. The third-order valence-electron chi connectivity index (χ3n) is 5.31. The highest BCUT2D eigenvalue weighted by molar-refractivity contribution is 7.87. The van der Waals surface area contributed by atoms with Crippen molar-refractivity contribution in [3.8, 4) is 11.8 Å². The molecule has 6 nitrogen and oxygen atoms in total. The summed E-state index contributed by atoms with van der Waals surface area (Å²) in [6, 6.07) is 6.21. The van der Waals surface area contributed by atoms with Crippen molar-refractivity contribution < 1.29 is 40.1 Å². The average molecular weight is 494 g/mol. The number of allylic oxidation sites excluding steroid dienone is 5. The predicted octanol–water partition coefficient (Wildman–Crippen LogP) is 4.45. The first-order valence-corrected chi connectivity index (χ1v) is 11.6. The second-order valence-electron chi connectivity index (χ2n) is 8.33. The highest BCUT2D eigenvalue weighted by Gasteiger charge is 2.51. The topological polar surface area (TPSA) is 86.7 Å². The number of alkyl halides is 3. The van der Waals surface area contributed by atoms with Crippen molar-refractivity contribution in [2.24, 2.45) is 11.3 Å². The molecule has 2 aliphatic rings. The van der Waals surface area contributed by atoms with Gasteiger partial charge < -0.3 is 8.92 Å². The quantitative estimate of drug-likeness (QED) is 0.266. The number of ketones is 1. The molecule has 0 radical (unpaired) electrons. The van der Waals surface area contributed by atoms with Crippen LogP contribution in [0.25, 0.3) is 0 Å². The molecule has 0 heterocycles. The summed E-state index contributed by atoms with van der Waals surface area (Å²) < 4.78 is 71.0. The number of hydrogen-bond donors (Lipinski definition) is 0. The van der Waals surface area contributed by atoms with E-state index in [-0.39, 0.29) is 24.2 Å². The maximum absolute atomic E-state index is 12.9. The van der Waals surface area contributed by atoms with Gasteiger partial charge in [0.15, 0.2) is 5.78 Å². The number of fused-ring (bicyclic) bond motifs is 1. The van der Waals surface area contributed by atoms with Gasteiger partial charge in [-0.2, -0.15) is 21.6 Å². The van der Waals surface area contributed by atoms with E-state index in [1.54, 1.807) is 32.9 Å². The molecule has 1 aromatic carbocycles. The van der Waals surface area contributed by atoms with Crippen molar-refractivity contribution >= 4 is 21.9 Å². The lowest BCUT2D eigenvalue weighted by Crippen LogP contribution is -2.38. The Labute approximate surface area is 195 Å². The van der Waals surface area contributed by atoms with Crippen molar-refractivity contribution in [1.29, 1.82) is 0 Å². The molecular formula is C24H21F3O6S. The van der Waals surface area contributed by atoms with E-state index in [0.717, 1.165) is 0 Å². The first kappa shape index (κ1) is 25.3. The maximum atomic E-state index is 12.9. The number of esters is 1. The van der Waals surface area contributed by atoms with E-state index in [9.17, 15) is 31.2 Å². The van der Waals surface area contributed by atoms with Crippen LogP contribution in [0.2, 0.25) is 0 Å². The Morgan fingerprint density at radius 2 is 1.79 bits per heavy atom. The van der Waals surface area contributed by atoms with Crippen LogP contribution in [0.4, 0.5) is 13.2 Å². The number of hydrogen-bond acceptors (Lipinski definition) is 6. The zero-order chi connectivity index (χ0) is 25.3. The molecule has 2 aliphatic carbocycles. The SMILES string of the molecule is CCOC(=O)c1ccc(C#CC2=CC(=O)C3C(=C2)C(OS(=O)(=O)C(F)(F)F)=CCC3(C)C)cc1. The molecule has 1 aromatic rings. The molecule has 0 saturated carbocycles. The van der Waals surface area contributed by atoms with Gasteiger partial charge in [-0.05, 0) is 61.3 Å². The molecule has 0 saturated heterocycles. The van der Waals surface area contributed by atoms with Crippen LogP contribution in [-0.4, -0.2) is 32.3 Å². The standard InChI is InChI=1S/C24H21F3O6S/c1-4-32-22(29)17-9-7-15(8-10-17)5-6-16-13-18-20(33-34(30,31)24(25,26)27)11-12-23(2,3)21(18)19(28)14-16/h7-11,13-14,21H,4,12H2,1-3H3. The second-order valence-corrected chi connectivity index (χ2v) is 9.86. The number of halogens is 3. The molecule has 10 heteroatoms. The van der Waals surface area contributed by atoms with Gasteiger partial charge in [0, 0.05) is 16.7 Å². The van der Waals surface area contributed by atoms with Crippen LogP contribution in [0.5, 0.6) is 0 Å². The van der Waals surface area contributed by atoms with E-state index in [1.165, 1.54) is 30.4 Å². The van der Waals surface area contributed by atoms with E-state index < -0.39 is 44.5 Å². The fourth-order valence-electron chi connectivity index (χ4n) is 3.66. The van der Waals surface area contributed by atoms with Crippen molar-refractivity contribution in [3.05, 3.63) is 70.5 Å². The van der Waals surface area contributed by atoms with Gasteiger partial charge in [0.2, 0.25) is 0 Å². The molecule has 0 aromatic heterocycles. The largest absolute Gasteiger partial charge is 0.534 e. The van der Waals surface area contributed by atoms with E-state index >= 15 is 0 Å². The Balaban J connectivity index is 1.93. The Hall–Kier alpha value is -3.32. The second kappa shape index (κ2) is 9.14. The highest BCUT2D eigenvalue weighted by atomic mass is 32.2. The third-order valence-corrected chi connectivity index (χ3v) is 6.28. The van der Waals surface area contributed by atoms with Crippen molar-refractivity contribution in [2.75, 3.05) is 6.61 Å². The smallest absolute Gasteiger partial charge is 0.462 e. The monoisotopic (exact) mass is 494 g/mol. The molecule has 0 fully saturated rings. The third kappa shape index (κ3) is 5.25. The van der Waals surface area contributed by atoms with Gasteiger partial charge in [-0.3, -0.25) is 4.79 Å². The lowest BCUT2D eigenvalue weighted by molar-refractivity contribution is -0.120. The maximum Gasteiger partial charge on any atom is 0.534 e. The van der Waals surface area contributed by atoms with E-state index in [4.69, 9.17) is 4.74 Å². The van der Waals surface area contributed by atoms with Gasteiger partial charge in [-0.1, -0.05) is 25.7 Å². The summed E-state index contributed by atoms with van der Waals surface area (Å²) in [6.07, 6.45) is 4.02. The molecular weight excluding hydrogens is 473 g/mol. The highest BCUT2D eigenvalue weighted by Crippen LogP contribution is 2.47. The predicted molar refractivity (Wildman–Crippen MR) is 116 cm³/mol. The first-order valence-electron chi connectivity index (χ1n) is 10.2. The Morgan fingerprint density at radius 3 is 2.38 bits per heavy atom. The van der Waals surface area contributed by atoms with Crippen molar-refractivity contribution in [3.63, 3.8) is 0 Å². The fraction of sp³-hybridized carbons (Fsp3) is 0.333. The lowest BCUT2D eigenvalue weighted by Gasteiger charge is -2.39. The zero-order valence-electron chi connectivity index (χ0n) is 18.5. The van der Waals surface area contributed by atoms with Gasteiger partial charge in [0.05, 0.1) is 18.1 Å². The van der Waals surface area contributed by atoms with Crippen molar-refractivity contribution in [1.82, 2.24) is 0 Å². The van der Waals surface area contributed by atoms with Gasteiger partial charge in [-0.25, -0.2) is 4.79 Å². The lowest BCUT2D eigenvalue weighted by atomic mass is 9.65. The summed E-state index contributed by atoms with van der Waals surface area (Å²) >= 11 is 0. The normalized spacial score (nSPS) is 19.5. The minimum absolute atomic E-state index is 0.0264.